The number of nitrogens with one attached hydrogen (secondary N) is 2. The van der Waals surface area contributed by atoms with Crippen LogP contribution >= 0.6 is 0 Å². The van der Waals surface area contributed by atoms with E-state index in [9.17, 15) is 0 Å². The van der Waals surface area contributed by atoms with Crippen LogP contribution < -0.4 is 16.6 Å². The van der Waals surface area contributed by atoms with Crippen LogP contribution in [-0.2, 0) is 0 Å². The smallest absolute Gasteiger partial charge is 0.205 e. The topological polar surface area (TPSA) is 62.4 Å². The fraction of sp³-hybridized carbons (Fsp3) is 0.933. The van der Waals surface area contributed by atoms with Crippen molar-refractivity contribution in [2.75, 3.05) is 6.54 Å². The van der Waals surface area contributed by atoms with Crippen molar-refractivity contribution in [3.8, 4) is 0 Å². The lowest BCUT2D eigenvalue weighted by Gasteiger charge is -2.24. The summed E-state index contributed by atoms with van der Waals surface area (Å²) < 4.78 is 0. The lowest BCUT2D eigenvalue weighted by Crippen LogP contribution is -2.47. The van der Waals surface area contributed by atoms with Crippen LogP contribution in [0.4, 0.5) is 0 Å². The zero-order chi connectivity index (χ0) is 13.3. The molecule has 0 amide bonds. The van der Waals surface area contributed by atoms with E-state index in [1.54, 1.807) is 0 Å². The average molecular weight is 266 g/mol. The van der Waals surface area contributed by atoms with E-state index in [1.165, 1.54) is 70.6 Å². The van der Waals surface area contributed by atoms with Gasteiger partial charge in [0, 0.05) is 12.6 Å². The van der Waals surface area contributed by atoms with Crippen molar-refractivity contribution in [1.29, 1.82) is 0 Å². The Balaban J connectivity index is 1.62. The van der Waals surface area contributed by atoms with Crippen molar-refractivity contribution in [2.24, 2.45) is 16.8 Å². The molecule has 0 heterocycles. The molecule has 0 aromatic heterocycles. The van der Waals surface area contributed by atoms with Crippen LogP contribution in [0.3, 0.4) is 0 Å². The molecule has 2 fully saturated rings. The Morgan fingerprint density at radius 3 is 2.37 bits per heavy atom. The Kier molecular flexibility index (Phi) is 6.48. The van der Waals surface area contributed by atoms with Crippen LogP contribution in [0.25, 0.3) is 0 Å². The molecule has 0 aliphatic heterocycles. The van der Waals surface area contributed by atoms with Crippen LogP contribution in [0.2, 0.25) is 0 Å². The molecule has 2 rings (SSSR count). The lowest BCUT2D eigenvalue weighted by molar-refractivity contribution is 0.409. The van der Waals surface area contributed by atoms with Gasteiger partial charge in [-0.2, -0.15) is 0 Å². The van der Waals surface area contributed by atoms with E-state index in [0.29, 0.717) is 6.04 Å². The average Bonchev–Trinajstić information content (AvgIpc) is 2.96. The minimum atomic E-state index is 0.568. The van der Waals surface area contributed by atoms with Crippen LogP contribution in [-0.4, -0.2) is 18.5 Å². The van der Waals surface area contributed by atoms with E-state index in [-0.39, 0.29) is 0 Å². The lowest BCUT2D eigenvalue weighted by atomic mass is 9.96. The molecule has 0 atom stereocenters. The van der Waals surface area contributed by atoms with Gasteiger partial charge in [0.2, 0.25) is 5.96 Å². The minimum absolute atomic E-state index is 0.568. The number of rotatable bonds is 5. The van der Waals surface area contributed by atoms with Crippen molar-refractivity contribution in [1.82, 2.24) is 10.7 Å². The molecule has 0 bridgehead atoms. The number of nitrogens with two attached hydrogens (primary N) is 1. The van der Waals surface area contributed by atoms with E-state index in [4.69, 9.17) is 5.84 Å². The molecule has 2 aliphatic carbocycles. The summed E-state index contributed by atoms with van der Waals surface area (Å²) in [5, 5.41) is 3.45. The van der Waals surface area contributed by atoms with Gasteiger partial charge in [0.15, 0.2) is 0 Å². The first kappa shape index (κ1) is 14.6. The van der Waals surface area contributed by atoms with Gasteiger partial charge in [0.25, 0.3) is 0 Å². The number of nitrogens with zero attached hydrogens (tertiary/aromatic N) is 1. The maximum atomic E-state index is 5.55. The van der Waals surface area contributed by atoms with Crippen LogP contribution in [0.1, 0.15) is 70.6 Å². The monoisotopic (exact) mass is 266 g/mol. The van der Waals surface area contributed by atoms with Crippen molar-refractivity contribution in [3.05, 3.63) is 0 Å². The molecule has 4 nitrogen and oxygen atoms in total. The van der Waals surface area contributed by atoms with Gasteiger partial charge in [-0.05, 0) is 31.6 Å². The van der Waals surface area contributed by atoms with Crippen molar-refractivity contribution in [3.63, 3.8) is 0 Å². The highest BCUT2D eigenvalue weighted by molar-refractivity contribution is 5.79. The molecule has 0 aromatic rings. The third-order valence-corrected chi connectivity index (χ3v) is 4.60. The summed E-state index contributed by atoms with van der Waals surface area (Å²) >= 11 is 0. The van der Waals surface area contributed by atoms with Crippen LogP contribution in [0, 0.1) is 5.92 Å². The third kappa shape index (κ3) is 5.39. The highest BCUT2D eigenvalue weighted by Gasteiger charge is 2.15. The van der Waals surface area contributed by atoms with Gasteiger partial charge in [-0.15, -0.1) is 0 Å². The van der Waals surface area contributed by atoms with Gasteiger partial charge in [-0.3, -0.25) is 10.4 Å². The Morgan fingerprint density at radius 2 is 1.68 bits per heavy atom. The Morgan fingerprint density at radius 1 is 1.00 bits per heavy atom. The third-order valence-electron chi connectivity index (χ3n) is 4.60. The number of hydrogen-bond donors (Lipinski definition) is 3. The molecule has 0 unspecified atom stereocenters. The van der Waals surface area contributed by atoms with Gasteiger partial charge < -0.3 is 5.32 Å². The first-order valence-electron chi connectivity index (χ1n) is 8.16. The molecule has 0 radical (unpaired) electrons. The van der Waals surface area contributed by atoms with E-state index in [2.05, 4.69) is 15.7 Å². The molecule has 0 aromatic carbocycles. The SMILES string of the molecule is NNC(=NCCCC1CCCC1)NC1CCCCC1. The molecule has 4 N–H and O–H groups in total. The fourth-order valence-electron chi connectivity index (χ4n) is 3.44. The van der Waals surface area contributed by atoms with Gasteiger partial charge >= 0.3 is 0 Å². The minimum Gasteiger partial charge on any atom is -0.353 e. The first-order chi connectivity index (χ1) is 9.38. The van der Waals surface area contributed by atoms with E-state index >= 15 is 0 Å². The molecule has 19 heavy (non-hydrogen) atoms. The number of hydrogen-bond acceptors (Lipinski definition) is 2. The molecular weight excluding hydrogens is 236 g/mol. The van der Waals surface area contributed by atoms with Crippen LogP contribution in [0.5, 0.6) is 0 Å². The summed E-state index contributed by atoms with van der Waals surface area (Å²) in [6.07, 6.45) is 14.8. The largest absolute Gasteiger partial charge is 0.353 e. The molecule has 110 valence electrons. The molecule has 2 aliphatic rings. The van der Waals surface area contributed by atoms with E-state index in [0.717, 1.165) is 18.4 Å². The molecule has 4 heteroatoms. The number of aliphatic imine (C=N–C) groups is 1. The van der Waals surface area contributed by atoms with Gasteiger partial charge in [0.1, 0.15) is 0 Å². The summed E-state index contributed by atoms with van der Waals surface area (Å²) in [6.45, 7) is 0.899. The maximum absolute atomic E-state index is 5.55. The number of hydrazine groups is 1. The van der Waals surface area contributed by atoms with Crippen LogP contribution in [0.15, 0.2) is 4.99 Å². The van der Waals surface area contributed by atoms with E-state index < -0.39 is 0 Å². The predicted octanol–water partition coefficient (Wildman–Crippen LogP) is 2.70. The van der Waals surface area contributed by atoms with Gasteiger partial charge in [-0.1, -0.05) is 44.9 Å². The summed E-state index contributed by atoms with van der Waals surface area (Å²) in [7, 11) is 0. The summed E-state index contributed by atoms with van der Waals surface area (Å²) in [5.74, 6) is 7.31. The Bertz CT molecular complexity index is 265. The number of guanidine groups is 1. The summed E-state index contributed by atoms with van der Waals surface area (Å²) in [4.78, 5) is 4.57. The van der Waals surface area contributed by atoms with Gasteiger partial charge in [-0.25, -0.2) is 5.84 Å². The maximum Gasteiger partial charge on any atom is 0.205 e. The quantitative estimate of drug-likeness (QED) is 0.236. The first-order valence-corrected chi connectivity index (χ1v) is 8.16. The van der Waals surface area contributed by atoms with Crippen molar-refractivity contribution in [2.45, 2.75) is 76.7 Å². The molecule has 0 spiro atoms. The fourth-order valence-corrected chi connectivity index (χ4v) is 3.44. The molecule has 0 saturated heterocycles. The normalized spacial score (nSPS) is 22.7. The highest BCUT2D eigenvalue weighted by Crippen LogP contribution is 2.28. The van der Waals surface area contributed by atoms with Crippen molar-refractivity contribution < 1.29 is 0 Å². The second-order valence-electron chi connectivity index (χ2n) is 6.15. The second kappa shape index (κ2) is 8.41. The van der Waals surface area contributed by atoms with Crippen molar-refractivity contribution >= 4 is 5.96 Å². The summed E-state index contributed by atoms with van der Waals surface area (Å²) in [6, 6.07) is 0.568. The zero-order valence-corrected chi connectivity index (χ0v) is 12.2. The zero-order valence-electron chi connectivity index (χ0n) is 12.2. The standard InChI is InChI=1S/C15H30N4/c16-19-15(18-14-10-2-1-3-11-14)17-12-6-9-13-7-4-5-8-13/h13-14H,1-12,16H2,(H2,17,18,19). The predicted molar refractivity (Wildman–Crippen MR) is 80.8 cm³/mol. The molecular formula is C15H30N4. The Hall–Kier alpha value is -0.770. The van der Waals surface area contributed by atoms with E-state index in [1.807, 2.05) is 0 Å². The summed E-state index contributed by atoms with van der Waals surface area (Å²) in [5.41, 5.74) is 2.72. The van der Waals surface area contributed by atoms with Gasteiger partial charge in [0.05, 0.1) is 0 Å². The Labute approximate surface area is 117 Å². The molecule has 2 saturated carbocycles. The second-order valence-corrected chi connectivity index (χ2v) is 6.15. The highest BCUT2D eigenvalue weighted by atomic mass is 15.3.